The third-order valence-corrected chi connectivity index (χ3v) is 4.55. The van der Waals surface area contributed by atoms with Gasteiger partial charge in [-0.3, -0.25) is 0 Å². The summed E-state index contributed by atoms with van der Waals surface area (Å²) in [4.78, 5) is 6.95. The van der Waals surface area contributed by atoms with E-state index in [1.165, 1.54) is 6.08 Å². The zero-order valence-corrected chi connectivity index (χ0v) is 14.7. The normalized spacial score (nSPS) is 20.5. The Bertz CT molecular complexity index is 649. The highest BCUT2D eigenvalue weighted by Gasteiger charge is 2.52. The standard InChI is InChI=1S/C14H19BF3N3O2S/c1-12(2)13(3,4)23-15(22-12)9(7-24)5-8-6-20-11(19)21-10(8)14(16,17)18/h5-6,24H,7H2,1-4H3,(H2,19,20,21). The number of thiol groups is 1. The fourth-order valence-corrected chi connectivity index (χ4v) is 2.36. The molecule has 1 fully saturated rings. The van der Waals surface area contributed by atoms with Gasteiger partial charge in [0.2, 0.25) is 5.95 Å². The fourth-order valence-electron chi connectivity index (χ4n) is 2.12. The summed E-state index contributed by atoms with van der Waals surface area (Å²) in [5.74, 6) is -0.291. The van der Waals surface area contributed by atoms with Crippen molar-refractivity contribution in [1.29, 1.82) is 0 Å². The van der Waals surface area contributed by atoms with E-state index in [1.807, 2.05) is 27.7 Å². The van der Waals surface area contributed by atoms with E-state index in [0.29, 0.717) is 5.47 Å². The number of halogens is 3. The zero-order chi connectivity index (χ0) is 18.3. The topological polar surface area (TPSA) is 70.3 Å². The summed E-state index contributed by atoms with van der Waals surface area (Å²) >= 11 is 4.19. The van der Waals surface area contributed by atoms with Gasteiger partial charge in [-0.15, -0.1) is 0 Å². The van der Waals surface area contributed by atoms with E-state index in [2.05, 4.69) is 22.6 Å². The van der Waals surface area contributed by atoms with Gasteiger partial charge in [0.25, 0.3) is 0 Å². The van der Waals surface area contributed by atoms with Gasteiger partial charge in [0.05, 0.1) is 11.2 Å². The first kappa shape index (κ1) is 19.1. The van der Waals surface area contributed by atoms with Gasteiger partial charge in [0.1, 0.15) is 0 Å². The second-order valence-electron chi connectivity index (χ2n) is 6.50. The van der Waals surface area contributed by atoms with Crippen molar-refractivity contribution < 1.29 is 22.5 Å². The summed E-state index contributed by atoms with van der Waals surface area (Å²) in [5.41, 5.74) is 3.18. The molecule has 1 aromatic heterocycles. The molecule has 0 aromatic carbocycles. The molecule has 1 aromatic rings. The van der Waals surface area contributed by atoms with Crippen LogP contribution in [0.2, 0.25) is 0 Å². The number of rotatable bonds is 3. The van der Waals surface area contributed by atoms with E-state index in [1.54, 1.807) is 0 Å². The lowest BCUT2D eigenvalue weighted by molar-refractivity contribution is -0.141. The van der Waals surface area contributed by atoms with Crippen LogP contribution in [0.25, 0.3) is 6.08 Å². The van der Waals surface area contributed by atoms with Crippen LogP contribution in [0.3, 0.4) is 0 Å². The Hall–Kier alpha value is -1.26. The lowest BCUT2D eigenvalue weighted by Gasteiger charge is -2.32. The summed E-state index contributed by atoms with van der Waals surface area (Å²) in [6.45, 7) is 7.43. The molecule has 0 spiro atoms. The van der Waals surface area contributed by atoms with Crippen molar-refractivity contribution in [3.8, 4) is 0 Å². The van der Waals surface area contributed by atoms with Crippen molar-refractivity contribution >= 4 is 31.8 Å². The van der Waals surface area contributed by atoms with Crippen LogP contribution in [0.5, 0.6) is 0 Å². The highest BCUT2D eigenvalue weighted by Crippen LogP contribution is 2.39. The fraction of sp³-hybridized carbons (Fsp3) is 0.571. The molecular weight excluding hydrogens is 342 g/mol. The maximum atomic E-state index is 13.1. The molecule has 0 radical (unpaired) electrons. The van der Waals surface area contributed by atoms with Gasteiger partial charge < -0.3 is 15.0 Å². The molecule has 132 valence electrons. The van der Waals surface area contributed by atoms with Crippen LogP contribution in [-0.4, -0.2) is 34.0 Å². The van der Waals surface area contributed by atoms with E-state index >= 15 is 0 Å². The molecule has 24 heavy (non-hydrogen) atoms. The molecule has 2 heterocycles. The van der Waals surface area contributed by atoms with Gasteiger partial charge in [-0.1, -0.05) is 6.08 Å². The van der Waals surface area contributed by atoms with Crippen molar-refractivity contribution in [3.63, 3.8) is 0 Å². The van der Waals surface area contributed by atoms with Crippen molar-refractivity contribution in [1.82, 2.24) is 9.97 Å². The first-order valence-electron chi connectivity index (χ1n) is 7.24. The van der Waals surface area contributed by atoms with E-state index in [0.717, 1.165) is 6.20 Å². The van der Waals surface area contributed by atoms with Gasteiger partial charge in [-0.2, -0.15) is 25.8 Å². The summed E-state index contributed by atoms with van der Waals surface area (Å²) in [5, 5.41) is 0. The van der Waals surface area contributed by atoms with Gasteiger partial charge in [0, 0.05) is 17.5 Å². The van der Waals surface area contributed by atoms with Gasteiger partial charge in [-0.25, -0.2) is 9.97 Å². The maximum absolute atomic E-state index is 13.1. The van der Waals surface area contributed by atoms with Crippen LogP contribution in [0.1, 0.15) is 39.0 Å². The number of nitrogen functional groups attached to an aromatic ring is 1. The lowest BCUT2D eigenvalue weighted by atomic mass is 9.78. The van der Waals surface area contributed by atoms with E-state index < -0.39 is 36.1 Å². The van der Waals surface area contributed by atoms with Crippen molar-refractivity contribution in [2.45, 2.75) is 45.1 Å². The van der Waals surface area contributed by atoms with Crippen molar-refractivity contribution in [3.05, 3.63) is 22.9 Å². The van der Waals surface area contributed by atoms with Gasteiger partial charge in [0.15, 0.2) is 5.69 Å². The molecule has 5 nitrogen and oxygen atoms in total. The van der Waals surface area contributed by atoms with E-state index in [9.17, 15) is 13.2 Å². The van der Waals surface area contributed by atoms with Crippen LogP contribution >= 0.6 is 12.6 Å². The van der Waals surface area contributed by atoms with Crippen LogP contribution in [0.15, 0.2) is 11.7 Å². The van der Waals surface area contributed by atoms with E-state index in [-0.39, 0.29) is 11.3 Å². The Morgan fingerprint density at radius 2 is 1.83 bits per heavy atom. The molecule has 2 rings (SSSR count). The highest BCUT2D eigenvalue weighted by atomic mass is 32.1. The molecule has 10 heteroatoms. The molecular formula is C14H19BF3N3O2S. The number of nitrogens with zero attached hydrogens (tertiary/aromatic N) is 2. The summed E-state index contributed by atoms with van der Waals surface area (Å²) < 4.78 is 51.2. The number of anilines is 1. The van der Waals surface area contributed by atoms with Gasteiger partial charge in [-0.05, 0) is 33.2 Å². The monoisotopic (exact) mass is 361 g/mol. The van der Waals surface area contributed by atoms with Crippen LogP contribution in [0, 0.1) is 0 Å². The highest BCUT2D eigenvalue weighted by molar-refractivity contribution is 7.80. The first-order valence-corrected chi connectivity index (χ1v) is 7.87. The lowest BCUT2D eigenvalue weighted by Crippen LogP contribution is -2.41. The number of aromatic nitrogens is 2. The summed E-state index contributed by atoms with van der Waals surface area (Å²) in [6, 6.07) is 0. The van der Waals surface area contributed by atoms with Crippen LogP contribution in [-0.2, 0) is 15.5 Å². The quantitative estimate of drug-likeness (QED) is 0.640. The Morgan fingerprint density at radius 3 is 2.29 bits per heavy atom. The predicted octanol–water partition coefficient (Wildman–Crippen LogP) is 3.02. The number of hydrogen-bond acceptors (Lipinski definition) is 6. The number of alkyl halides is 3. The molecule has 0 unspecified atom stereocenters. The Labute approximate surface area is 144 Å². The minimum atomic E-state index is -4.65. The molecule has 1 aliphatic rings. The molecule has 0 atom stereocenters. The maximum Gasteiger partial charge on any atom is 0.491 e. The summed E-state index contributed by atoms with van der Waals surface area (Å²) in [7, 11) is -0.800. The first-order chi connectivity index (χ1) is 10.9. The van der Waals surface area contributed by atoms with Gasteiger partial charge >= 0.3 is 13.3 Å². The zero-order valence-electron chi connectivity index (χ0n) is 13.8. The smallest absolute Gasteiger partial charge is 0.400 e. The third-order valence-electron chi connectivity index (χ3n) is 4.18. The van der Waals surface area contributed by atoms with E-state index in [4.69, 9.17) is 15.0 Å². The molecule has 0 bridgehead atoms. The second kappa shape index (κ2) is 6.23. The molecule has 0 amide bonds. The Balaban J connectivity index is 2.43. The molecule has 2 N–H and O–H groups in total. The second-order valence-corrected chi connectivity index (χ2v) is 6.81. The molecule has 0 aliphatic carbocycles. The van der Waals surface area contributed by atoms with Crippen molar-refractivity contribution in [2.75, 3.05) is 11.5 Å². The molecule has 1 aliphatic heterocycles. The van der Waals surface area contributed by atoms with Crippen molar-refractivity contribution in [2.24, 2.45) is 0 Å². The predicted molar refractivity (Wildman–Crippen MR) is 89.4 cm³/mol. The molecule has 1 saturated heterocycles. The van der Waals surface area contributed by atoms with Crippen LogP contribution in [0.4, 0.5) is 19.1 Å². The third kappa shape index (κ3) is 3.70. The Kier molecular flexibility index (Phi) is 4.95. The Morgan fingerprint density at radius 1 is 1.29 bits per heavy atom. The summed E-state index contributed by atoms with van der Waals surface area (Å²) in [6.07, 6.45) is -2.34. The SMILES string of the molecule is CC1(C)OB(C(=Cc2cnc(N)nc2C(F)(F)F)CS)OC1(C)C. The minimum absolute atomic E-state index is 0.151. The molecule has 0 saturated carbocycles. The number of nitrogens with two attached hydrogens (primary N) is 1. The largest absolute Gasteiger partial charge is 0.491 e. The number of hydrogen-bond donors (Lipinski definition) is 2. The average Bonchev–Trinajstić information content (AvgIpc) is 2.64. The minimum Gasteiger partial charge on any atom is -0.400 e. The average molecular weight is 361 g/mol. The van der Waals surface area contributed by atoms with Crippen LogP contribution < -0.4 is 5.73 Å².